The van der Waals surface area contributed by atoms with Crippen molar-refractivity contribution in [1.29, 1.82) is 0 Å². The molecule has 0 atom stereocenters. The molecule has 0 unspecified atom stereocenters. The van der Waals surface area contributed by atoms with Gasteiger partial charge in [0.2, 0.25) is 5.91 Å². The highest BCUT2D eigenvalue weighted by Crippen LogP contribution is 1.98. The highest BCUT2D eigenvalue weighted by Gasteiger charge is 2.05. The van der Waals surface area contributed by atoms with Gasteiger partial charge in [0.1, 0.15) is 0 Å². The molecular weight excluding hydrogens is 186 g/mol. The number of carbonyl (C=O) groups excluding carboxylic acids is 2. The molecule has 0 aromatic rings. The molecule has 0 bridgehead atoms. The molecule has 78 valence electrons. The van der Waals surface area contributed by atoms with Gasteiger partial charge in [0.25, 0.3) is 0 Å². The summed E-state index contributed by atoms with van der Waals surface area (Å²) in [5, 5.41) is 0. The van der Waals surface area contributed by atoms with Gasteiger partial charge in [-0.3, -0.25) is 9.68 Å². The van der Waals surface area contributed by atoms with Gasteiger partial charge in [-0.2, -0.15) is 4.89 Å². The Bertz CT molecular complexity index is 242. The van der Waals surface area contributed by atoms with Crippen molar-refractivity contribution in [1.82, 2.24) is 0 Å². The first-order valence-electron chi connectivity index (χ1n) is 3.92. The molecule has 0 spiro atoms. The van der Waals surface area contributed by atoms with Crippen molar-refractivity contribution in [3.05, 3.63) is 24.3 Å². The molecule has 0 radical (unpaired) electrons. The number of nitrogens with two attached hydrogens (primary N) is 1. The lowest BCUT2D eigenvalue weighted by Crippen LogP contribution is -2.15. The summed E-state index contributed by atoms with van der Waals surface area (Å²) in [4.78, 5) is 30.0. The molecule has 0 heterocycles. The van der Waals surface area contributed by atoms with E-state index in [1.165, 1.54) is 6.92 Å². The third-order valence-electron chi connectivity index (χ3n) is 1.32. The minimum absolute atomic E-state index is 0.0425. The summed E-state index contributed by atoms with van der Waals surface area (Å²) in [6.07, 6.45) is 0.221. The normalized spacial score (nSPS) is 9.21. The van der Waals surface area contributed by atoms with Gasteiger partial charge < -0.3 is 5.73 Å². The molecule has 0 saturated heterocycles. The molecule has 0 aliphatic rings. The van der Waals surface area contributed by atoms with E-state index in [4.69, 9.17) is 5.73 Å². The minimum Gasteiger partial charge on any atom is -0.366 e. The Balaban J connectivity index is 3.57. The zero-order chi connectivity index (χ0) is 11.1. The Hall–Kier alpha value is -1.62. The van der Waals surface area contributed by atoms with Crippen LogP contribution in [0.5, 0.6) is 0 Å². The molecule has 0 aromatic carbocycles. The maximum atomic E-state index is 10.8. The predicted octanol–water partition coefficient (Wildman–Crippen LogP) is 0.469. The second kappa shape index (κ2) is 5.93. The minimum atomic E-state index is -0.644. The van der Waals surface area contributed by atoms with Gasteiger partial charge in [0, 0.05) is 17.6 Å². The maximum absolute atomic E-state index is 10.8. The van der Waals surface area contributed by atoms with Crippen LogP contribution in [-0.4, -0.2) is 18.5 Å². The lowest BCUT2D eigenvalue weighted by Gasteiger charge is -2.03. The fraction of sp³-hybridized carbons (Fsp3) is 0.333. The number of amides is 1. The van der Waals surface area contributed by atoms with E-state index in [1.54, 1.807) is 0 Å². The highest BCUT2D eigenvalue weighted by molar-refractivity contribution is 5.91. The first-order valence-corrected chi connectivity index (χ1v) is 3.92. The highest BCUT2D eigenvalue weighted by atomic mass is 17.2. The molecule has 2 N–H and O–H groups in total. The summed E-state index contributed by atoms with van der Waals surface area (Å²) < 4.78 is 0. The second-order valence-electron chi connectivity index (χ2n) is 2.69. The number of hydrogen-bond donors (Lipinski definition) is 1. The fourth-order valence-electron chi connectivity index (χ4n) is 0.454. The first kappa shape index (κ1) is 12.4. The van der Waals surface area contributed by atoms with Crippen molar-refractivity contribution >= 4 is 11.9 Å². The number of primary amides is 1. The molecule has 5 nitrogen and oxygen atoms in total. The molecule has 0 aliphatic heterocycles. The predicted molar refractivity (Wildman–Crippen MR) is 49.8 cm³/mol. The Kier molecular flexibility index (Phi) is 5.24. The van der Waals surface area contributed by atoms with E-state index in [0.29, 0.717) is 0 Å². The van der Waals surface area contributed by atoms with Gasteiger partial charge in [-0.15, -0.1) is 0 Å². The summed E-state index contributed by atoms with van der Waals surface area (Å²) >= 11 is 0. The second-order valence-corrected chi connectivity index (χ2v) is 2.69. The number of carbonyl (C=O) groups is 2. The van der Waals surface area contributed by atoms with Crippen molar-refractivity contribution in [3.63, 3.8) is 0 Å². The molecule has 0 fully saturated rings. The van der Waals surface area contributed by atoms with Crippen LogP contribution in [0.15, 0.2) is 24.3 Å². The quantitative estimate of drug-likeness (QED) is 0.292. The zero-order valence-corrected chi connectivity index (χ0v) is 8.04. The number of rotatable bonds is 6. The Morgan fingerprint density at radius 1 is 1.36 bits per heavy atom. The molecule has 0 aliphatic carbocycles. The molecule has 0 aromatic heterocycles. The van der Waals surface area contributed by atoms with Crippen molar-refractivity contribution < 1.29 is 19.4 Å². The van der Waals surface area contributed by atoms with Crippen LogP contribution in [0.1, 0.15) is 13.3 Å². The monoisotopic (exact) mass is 199 g/mol. The first-order chi connectivity index (χ1) is 6.45. The lowest BCUT2D eigenvalue weighted by atomic mass is 10.2. The van der Waals surface area contributed by atoms with Gasteiger partial charge in [-0.05, 0) is 6.92 Å². The van der Waals surface area contributed by atoms with Crippen LogP contribution in [0.2, 0.25) is 0 Å². The Labute approximate surface area is 82.1 Å². The Morgan fingerprint density at radius 2 is 1.93 bits per heavy atom. The van der Waals surface area contributed by atoms with Crippen LogP contribution in [0.25, 0.3) is 0 Å². The van der Waals surface area contributed by atoms with E-state index in [-0.39, 0.29) is 24.2 Å². The van der Waals surface area contributed by atoms with E-state index in [2.05, 4.69) is 22.9 Å². The summed E-state index contributed by atoms with van der Waals surface area (Å²) in [5.74, 6) is -1.24. The fourth-order valence-corrected chi connectivity index (χ4v) is 0.454. The molecule has 0 saturated carbocycles. The van der Waals surface area contributed by atoms with E-state index < -0.39 is 11.9 Å². The van der Waals surface area contributed by atoms with E-state index in [9.17, 15) is 9.59 Å². The zero-order valence-electron chi connectivity index (χ0n) is 8.04. The van der Waals surface area contributed by atoms with Crippen LogP contribution < -0.4 is 5.73 Å². The molecule has 5 heteroatoms. The Morgan fingerprint density at radius 3 is 2.36 bits per heavy atom. The van der Waals surface area contributed by atoms with E-state index in [0.717, 1.165) is 0 Å². The maximum Gasteiger partial charge on any atom is 0.368 e. The van der Waals surface area contributed by atoms with Crippen LogP contribution in [0.4, 0.5) is 0 Å². The van der Waals surface area contributed by atoms with Crippen molar-refractivity contribution in [2.24, 2.45) is 5.73 Å². The summed E-state index contributed by atoms with van der Waals surface area (Å²) in [5.41, 5.74) is 5.36. The lowest BCUT2D eigenvalue weighted by molar-refractivity contribution is -0.267. The largest absolute Gasteiger partial charge is 0.368 e. The summed E-state index contributed by atoms with van der Waals surface area (Å²) in [6.45, 7) is 8.28. The summed E-state index contributed by atoms with van der Waals surface area (Å²) in [7, 11) is 0. The van der Waals surface area contributed by atoms with Gasteiger partial charge in [0.15, 0.2) is 0 Å². The smallest absolute Gasteiger partial charge is 0.366 e. The SMILES string of the molecule is C=C(C)C(=O)OOCCC(=C)C(N)=O. The number of hydrogen-bond acceptors (Lipinski definition) is 4. The van der Waals surface area contributed by atoms with E-state index >= 15 is 0 Å². The van der Waals surface area contributed by atoms with Gasteiger partial charge in [0.05, 0.1) is 6.61 Å². The third-order valence-corrected chi connectivity index (χ3v) is 1.32. The molecular formula is C9H13NO4. The van der Waals surface area contributed by atoms with Gasteiger partial charge in [-0.1, -0.05) is 13.2 Å². The average molecular weight is 199 g/mol. The topological polar surface area (TPSA) is 78.6 Å². The van der Waals surface area contributed by atoms with Gasteiger partial charge in [-0.25, -0.2) is 4.79 Å². The van der Waals surface area contributed by atoms with Crippen LogP contribution in [-0.2, 0) is 19.4 Å². The van der Waals surface area contributed by atoms with Gasteiger partial charge >= 0.3 is 5.97 Å². The van der Waals surface area contributed by atoms with Crippen LogP contribution >= 0.6 is 0 Å². The van der Waals surface area contributed by atoms with Crippen LogP contribution in [0, 0.1) is 0 Å². The van der Waals surface area contributed by atoms with E-state index in [1.807, 2.05) is 0 Å². The van der Waals surface area contributed by atoms with Crippen molar-refractivity contribution in [2.45, 2.75) is 13.3 Å². The van der Waals surface area contributed by atoms with Crippen LogP contribution in [0.3, 0.4) is 0 Å². The van der Waals surface area contributed by atoms with Crippen molar-refractivity contribution in [2.75, 3.05) is 6.61 Å². The summed E-state index contributed by atoms with van der Waals surface area (Å²) in [6, 6.07) is 0. The standard InChI is InChI=1S/C9H13NO4/c1-6(2)9(12)14-13-5-4-7(3)8(10)11/h1,3-5H2,2H3,(H2,10,11). The molecule has 14 heavy (non-hydrogen) atoms. The third kappa shape index (κ3) is 5.10. The van der Waals surface area contributed by atoms with Crippen molar-refractivity contribution in [3.8, 4) is 0 Å². The molecule has 1 amide bonds. The average Bonchev–Trinajstić information content (AvgIpc) is 2.11. The molecule has 0 rings (SSSR count).